The highest BCUT2D eigenvalue weighted by Crippen LogP contribution is 2.38. The van der Waals surface area contributed by atoms with Gasteiger partial charge >= 0.3 is 5.69 Å². The smallest absolute Gasteiger partial charge is 0.311 e. The Kier molecular flexibility index (Phi) is 5.12. The van der Waals surface area contributed by atoms with Crippen molar-refractivity contribution in [2.75, 3.05) is 18.2 Å². The Hall–Kier alpha value is -2.62. The van der Waals surface area contributed by atoms with Gasteiger partial charge < -0.3 is 14.6 Å². The second kappa shape index (κ2) is 7.32. The molecule has 26 heavy (non-hydrogen) atoms. The van der Waals surface area contributed by atoms with E-state index in [1.165, 1.54) is 31.0 Å². The largest absolute Gasteiger partial charge is 0.490 e. The zero-order valence-electron chi connectivity index (χ0n) is 14.7. The maximum absolute atomic E-state index is 12.3. The van der Waals surface area contributed by atoms with Crippen molar-refractivity contribution in [1.82, 2.24) is 14.8 Å². The lowest BCUT2D eigenvalue weighted by Crippen LogP contribution is -2.15. The Morgan fingerprint density at radius 1 is 1.42 bits per heavy atom. The molecule has 1 aromatic carbocycles. The molecule has 0 spiro atoms. The number of ether oxygens (including phenoxy) is 1. The molecule has 138 valence electrons. The summed E-state index contributed by atoms with van der Waals surface area (Å²) in [5.41, 5.74) is 0.941. The number of rotatable bonds is 7. The summed E-state index contributed by atoms with van der Waals surface area (Å²) in [6, 6.07) is 3.29. The van der Waals surface area contributed by atoms with Gasteiger partial charge in [-0.25, -0.2) is 0 Å². The van der Waals surface area contributed by atoms with Crippen molar-refractivity contribution in [1.29, 1.82) is 0 Å². The van der Waals surface area contributed by atoms with Crippen molar-refractivity contribution in [3.63, 3.8) is 0 Å². The normalized spacial score (nSPS) is 13.5. The van der Waals surface area contributed by atoms with Crippen LogP contribution >= 0.6 is 11.8 Å². The van der Waals surface area contributed by atoms with Crippen LogP contribution in [0.1, 0.15) is 30.3 Å². The van der Waals surface area contributed by atoms with Gasteiger partial charge in [0.15, 0.2) is 10.9 Å². The van der Waals surface area contributed by atoms with Crippen LogP contribution in [0.15, 0.2) is 17.3 Å². The van der Waals surface area contributed by atoms with Crippen molar-refractivity contribution in [2.24, 2.45) is 0 Å². The summed E-state index contributed by atoms with van der Waals surface area (Å²) in [6.07, 6.45) is 2.22. The number of carbonyl (C=O) groups excluding carboxylic acids is 1. The highest BCUT2D eigenvalue weighted by Gasteiger charge is 2.28. The van der Waals surface area contributed by atoms with E-state index in [1.54, 1.807) is 6.92 Å². The number of nitrogens with one attached hydrogen (secondary N) is 1. The molecule has 0 aliphatic heterocycles. The zero-order valence-corrected chi connectivity index (χ0v) is 15.5. The minimum Gasteiger partial charge on any atom is -0.490 e. The third-order valence-electron chi connectivity index (χ3n) is 4.08. The third kappa shape index (κ3) is 3.79. The molecular formula is C16H19N5O4S. The second-order valence-electron chi connectivity index (χ2n) is 6.06. The average Bonchev–Trinajstić information content (AvgIpc) is 3.37. The predicted octanol–water partition coefficient (Wildman–Crippen LogP) is 2.88. The van der Waals surface area contributed by atoms with E-state index < -0.39 is 4.92 Å². The van der Waals surface area contributed by atoms with Crippen molar-refractivity contribution in [3.05, 3.63) is 33.6 Å². The number of hydrogen-bond donors (Lipinski definition) is 1. The molecule has 0 saturated heterocycles. The molecule has 1 aliphatic rings. The molecule has 2 aromatic rings. The molecule has 0 atom stereocenters. The lowest BCUT2D eigenvalue weighted by Gasteiger charge is -2.11. The number of aromatic nitrogens is 3. The summed E-state index contributed by atoms with van der Waals surface area (Å²) in [5.74, 6) is 0.903. The first kappa shape index (κ1) is 18.2. The number of hydrogen-bond acceptors (Lipinski definition) is 7. The number of anilines is 1. The van der Waals surface area contributed by atoms with Crippen LogP contribution in [-0.2, 0) is 4.79 Å². The molecule has 9 nitrogen and oxygen atoms in total. The number of amides is 1. The van der Waals surface area contributed by atoms with Crippen LogP contribution in [0.3, 0.4) is 0 Å². The highest BCUT2D eigenvalue weighted by molar-refractivity contribution is 7.99. The molecule has 0 radical (unpaired) electrons. The molecule has 3 rings (SSSR count). The van der Waals surface area contributed by atoms with E-state index in [2.05, 4.69) is 20.1 Å². The van der Waals surface area contributed by atoms with E-state index in [0.717, 1.165) is 23.8 Å². The fourth-order valence-corrected chi connectivity index (χ4v) is 3.48. The monoisotopic (exact) mass is 377 g/mol. The fraction of sp³-hybridized carbons (Fsp3) is 0.438. The van der Waals surface area contributed by atoms with Crippen molar-refractivity contribution in [2.45, 2.75) is 37.9 Å². The van der Waals surface area contributed by atoms with E-state index in [-0.39, 0.29) is 23.1 Å². The van der Waals surface area contributed by atoms with Crippen LogP contribution in [0, 0.1) is 24.0 Å². The van der Waals surface area contributed by atoms with Gasteiger partial charge in [0, 0.05) is 23.9 Å². The maximum Gasteiger partial charge on any atom is 0.311 e. The first-order chi connectivity index (χ1) is 12.4. The van der Waals surface area contributed by atoms with E-state index in [4.69, 9.17) is 4.74 Å². The number of nitro groups is 1. The zero-order chi connectivity index (χ0) is 18.8. The van der Waals surface area contributed by atoms with Crippen molar-refractivity contribution < 1.29 is 14.5 Å². The van der Waals surface area contributed by atoms with E-state index >= 15 is 0 Å². The van der Waals surface area contributed by atoms with Gasteiger partial charge in [-0.2, -0.15) is 0 Å². The van der Waals surface area contributed by atoms with Gasteiger partial charge in [-0.15, -0.1) is 10.2 Å². The Labute approximate surface area is 154 Å². The van der Waals surface area contributed by atoms with Crippen molar-refractivity contribution in [3.8, 4) is 5.75 Å². The van der Waals surface area contributed by atoms with Crippen LogP contribution in [0.5, 0.6) is 5.75 Å². The van der Waals surface area contributed by atoms with Crippen LogP contribution < -0.4 is 10.1 Å². The molecule has 1 fully saturated rings. The lowest BCUT2D eigenvalue weighted by atomic mass is 10.1. The first-order valence-corrected chi connectivity index (χ1v) is 9.06. The molecular weight excluding hydrogens is 358 g/mol. The molecule has 1 aromatic heterocycles. The van der Waals surface area contributed by atoms with Crippen molar-refractivity contribution >= 4 is 29.0 Å². The number of carbonyl (C=O) groups is 1. The van der Waals surface area contributed by atoms with Crippen LogP contribution in [0.4, 0.5) is 11.4 Å². The van der Waals surface area contributed by atoms with Gasteiger partial charge in [0.1, 0.15) is 5.82 Å². The average molecular weight is 377 g/mol. The van der Waals surface area contributed by atoms with E-state index in [0.29, 0.717) is 17.3 Å². The summed E-state index contributed by atoms with van der Waals surface area (Å²) in [5, 5.41) is 22.8. The summed E-state index contributed by atoms with van der Waals surface area (Å²) >= 11 is 1.33. The molecule has 1 N–H and O–H groups in total. The second-order valence-corrected chi connectivity index (χ2v) is 7.01. The van der Waals surface area contributed by atoms with Crippen LogP contribution in [-0.4, -0.2) is 38.5 Å². The Morgan fingerprint density at radius 2 is 2.15 bits per heavy atom. The van der Waals surface area contributed by atoms with Gasteiger partial charge in [-0.3, -0.25) is 14.9 Å². The molecule has 1 amide bonds. The number of nitrogens with zero attached hydrogens (tertiary/aromatic N) is 4. The molecule has 0 bridgehead atoms. The lowest BCUT2D eigenvalue weighted by molar-refractivity contribution is -0.385. The number of benzene rings is 1. The minimum absolute atomic E-state index is 0.104. The Bertz CT molecular complexity index is 863. The maximum atomic E-state index is 12.3. The fourth-order valence-electron chi connectivity index (χ4n) is 2.63. The number of nitro benzene ring substituents is 1. The summed E-state index contributed by atoms with van der Waals surface area (Å²) in [6.45, 7) is 3.60. The standard InChI is InChI=1S/C16H19N5O4S/c1-9-6-13(21(23)24)14(25-3)7-12(9)17-15(22)8-26-16-19-18-10(2)20(16)11-4-5-11/h6-7,11H,4-5,8H2,1-3H3,(H,17,22). The van der Waals surface area contributed by atoms with Gasteiger partial charge in [0.25, 0.3) is 0 Å². The number of thioether (sulfide) groups is 1. The molecule has 1 aliphatic carbocycles. The topological polar surface area (TPSA) is 112 Å². The summed E-state index contributed by atoms with van der Waals surface area (Å²) < 4.78 is 7.11. The molecule has 1 saturated carbocycles. The van der Waals surface area contributed by atoms with E-state index in [9.17, 15) is 14.9 Å². The molecule has 0 unspecified atom stereocenters. The number of methoxy groups -OCH3 is 1. The van der Waals surface area contributed by atoms with Gasteiger partial charge in [0.2, 0.25) is 5.91 Å². The summed E-state index contributed by atoms with van der Waals surface area (Å²) in [7, 11) is 1.35. The Morgan fingerprint density at radius 3 is 2.77 bits per heavy atom. The Balaban J connectivity index is 1.68. The van der Waals surface area contributed by atoms with E-state index in [1.807, 2.05) is 6.92 Å². The van der Waals surface area contributed by atoms with Crippen LogP contribution in [0.25, 0.3) is 0 Å². The third-order valence-corrected chi connectivity index (χ3v) is 5.02. The SMILES string of the molecule is COc1cc(NC(=O)CSc2nnc(C)n2C2CC2)c(C)cc1[N+](=O)[O-]. The molecule has 10 heteroatoms. The van der Waals surface area contributed by atoms with Crippen LogP contribution in [0.2, 0.25) is 0 Å². The van der Waals surface area contributed by atoms with Gasteiger partial charge in [-0.1, -0.05) is 11.8 Å². The number of aryl methyl sites for hydroxylation is 2. The first-order valence-electron chi connectivity index (χ1n) is 8.08. The quantitative estimate of drug-likeness (QED) is 0.448. The summed E-state index contributed by atoms with van der Waals surface area (Å²) in [4.78, 5) is 22.8. The predicted molar refractivity (Wildman–Crippen MR) is 96.8 cm³/mol. The molecule has 1 heterocycles. The minimum atomic E-state index is -0.514. The highest BCUT2D eigenvalue weighted by atomic mass is 32.2. The van der Waals surface area contributed by atoms with Gasteiger partial charge in [-0.05, 0) is 32.3 Å². The van der Waals surface area contributed by atoms with Gasteiger partial charge in [0.05, 0.1) is 17.8 Å².